The number of nitro groups is 1. The van der Waals surface area contributed by atoms with E-state index in [1.165, 1.54) is 18.1 Å². The summed E-state index contributed by atoms with van der Waals surface area (Å²) in [5, 5.41) is 11.7. The van der Waals surface area contributed by atoms with Crippen LogP contribution in [-0.2, 0) is 9.59 Å². The largest absolute Gasteiger partial charge is 0.497 e. The van der Waals surface area contributed by atoms with Gasteiger partial charge < -0.3 is 9.47 Å². The van der Waals surface area contributed by atoms with Gasteiger partial charge in [0.05, 0.1) is 19.1 Å². The molecule has 0 bridgehead atoms. The topological polar surface area (TPSA) is 99.0 Å². The maximum absolute atomic E-state index is 13.4. The number of hydrogen-bond donors (Lipinski definition) is 0. The molecule has 8 heteroatoms. The minimum Gasteiger partial charge on any atom is -0.497 e. The lowest BCUT2D eigenvalue weighted by Crippen LogP contribution is -2.41. The number of rotatable bonds is 5. The molecule has 1 amide bonds. The van der Waals surface area contributed by atoms with Crippen LogP contribution in [-0.4, -0.2) is 30.8 Å². The van der Waals surface area contributed by atoms with Gasteiger partial charge >= 0.3 is 0 Å². The Hall–Kier alpha value is -3.68. The van der Waals surface area contributed by atoms with Crippen LogP contribution in [0.15, 0.2) is 47.7 Å². The summed E-state index contributed by atoms with van der Waals surface area (Å²) in [5.41, 5.74) is 2.58. The molecule has 1 aliphatic carbocycles. The van der Waals surface area contributed by atoms with E-state index in [0.717, 1.165) is 11.1 Å². The van der Waals surface area contributed by atoms with E-state index in [-0.39, 0.29) is 29.5 Å². The second-order valence-corrected chi connectivity index (χ2v) is 7.98. The molecule has 0 radical (unpaired) electrons. The molecule has 2 aliphatic rings. The van der Waals surface area contributed by atoms with Crippen molar-refractivity contribution in [2.45, 2.75) is 38.5 Å². The van der Waals surface area contributed by atoms with Crippen molar-refractivity contribution in [1.82, 2.24) is 0 Å². The molecule has 0 saturated carbocycles. The summed E-state index contributed by atoms with van der Waals surface area (Å²) in [6, 6.07) is 10.1. The normalized spacial score (nSPS) is 18.5. The van der Waals surface area contributed by atoms with Crippen LogP contribution in [0.3, 0.4) is 0 Å². The molecule has 2 aromatic carbocycles. The Balaban J connectivity index is 1.91. The summed E-state index contributed by atoms with van der Waals surface area (Å²) < 4.78 is 10.8. The van der Waals surface area contributed by atoms with Crippen molar-refractivity contribution in [3.8, 4) is 11.5 Å². The van der Waals surface area contributed by atoms with E-state index >= 15 is 0 Å². The van der Waals surface area contributed by atoms with E-state index in [1.807, 2.05) is 6.07 Å². The average Bonchev–Trinajstić information content (AvgIpc) is 2.78. The van der Waals surface area contributed by atoms with Gasteiger partial charge in [0.15, 0.2) is 5.78 Å². The summed E-state index contributed by atoms with van der Waals surface area (Å²) in [6.45, 7) is 1.76. The predicted molar refractivity (Wildman–Crippen MR) is 118 cm³/mol. The fourth-order valence-corrected chi connectivity index (χ4v) is 4.61. The Labute approximate surface area is 185 Å². The number of hydrogen-bond acceptors (Lipinski definition) is 6. The molecule has 1 atom stereocenters. The van der Waals surface area contributed by atoms with Crippen LogP contribution in [0, 0.1) is 17.0 Å². The summed E-state index contributed by atoms with van der Waals surface area (Å²) >= 11 is 0. The molecule has 4 rings (SSSR count). The molecular formula is C24H24N2O6. The van der Waals surface area contributed by atoms with E-state index in [9.17, 15) is 19.7 Å². The van der Waals surface area contributed by atoms with Gasteiger partial charge in [-0.3, -0.25) is 24.6 Å². The number of ether oxygens (including phenoxy) is 2. The molecule has 0 spiro atoms. The maximum atomic E-state index is 13.4. The van der Waals surface area contributed by atoms with E-state index < -0.39 is 10.8 Å². The van der Waals surface area contributed by atoms with Crippen LogP contribution in [0.5, 0.6) is 11.5 Å². The lowest BCUT2D eigenvalue weighted by molar-refractivity contribution is -0.384. The molecular weight excluding hydrogens is 412 g/mol. The third-order valence-electron chi connectivity index (χ3n) is 6.06. The molecule has 1 unspecified atom stereocenters. The Morgan fingerprint density at radius 2 is 1.84 bits per heavy atom. The van der Waals surface area contributed by atoms with Crippen molar-refractivity contribution in [1.29, 1.82) is 0 Å². The quantitative estimate of drug-likeness (QED) is 0.507. The second-order valence-electron chi connectivity index (χ2n) is 7.98. The Morgan fingerprint density at radius 3 is 2.53 bits per heavy atom. The Morgan fingerprint density at radius 1 is 1.06 bits per heavy atom. The number of carbonyl (C=O) groups is 2. The Kier molecular flexibility index (Phi) is 5.69. The van der Waals surface area contributed by atoms with Crippen molar-refractivity contribution in [2.24, 2.45) is 0 Å². The average molecular weight is 436 g/mol. The molecule has 32 heavy (non-hydrogen) atoms. The smallest absolute Gasteiger partial charge is 0.293 e. The number of aryl methyl sites for hydroxylation is 1. The number of Topliss-reactive ketones (excluding diaryl/α,β-unsaturated/α-hetero) is 1. The second kappa shape index (κ2) is 8.45. The van der Waals surface area contributed by atoms with Gasteiger partial charge in [-0.05, 0) is 37.5 Å². The number of benzene rings is 2. The number of amides is 1. The van der Waals surface area contributed by atoms with Crippen LogP contribution in [0.4, 0.5) is 11.4 Å². The van der Waals surface area contributed by atoms with E-state index in [0.29, 0.717) is 42.0 Å². The Bertz CT molecular complexity index is 1150. The van der Waals surface area contributed by atoms with Crippen molar-refractivity contribution in [3.05, 3.63) is 68.9 Å². The fraction of sp³-hybridized carbons (Fsp3) is 0.333. The standard InChI is InChI=1S/C24H24N2O6/c1-14-7-10-18(20(11-14)26(29)30)25-19-5-4-6-21(27)24(19)17(13-23(25)28)16-9-8-15(31-2)12-22(16)32-3/h7-12,17H,4-6,13H2,1-3H3. The third-order valence-corrected chi connectivity index (χ3v) is 6.06. The molecule has 0 N–H and O–H groups in total. The number of anilines is 1. The molecule has 0 fully saturated rings. The van der Waals surface area contributed by atoms with Gasteiger partial charge in [0.25, 0.3) is 5.69 Å². The summed E-state index contributed by atoms with van der Waals surface area (Å²) in [7, 11) is 3.08. The van der Waals surface area contributed by atoms with Gasteiger partial charge in [-0.15, -0.1) is 0 Å². The first-order valence-electron chi connectivity index (χ1n) is 10.4. The highest BCUT2D eigenvalue weighted by Gasteiger charge is 2.42. The molecule has 1 aliphatic heterocycles. The SMILES string of the molecule is COc1ccc(C2CC(=O)N(c3ccc(C)cc3[N+](=O)[O-])C3=C2C(=O)CCC3)c(OC)c1. The number of nitro benzene ring substituents is 1. The number of carbonyl (C=O) groups excluding carboxylic acids is 2. The molecule has 0 aromatic heterocycles. The van der Waals surface area contributed by atoms with Crippen molar-refractivity contribution in [3.63, 3.8) is 0 Å². The van der Waals surface area contributed by atoms with Crippen molar-refractivity contribution < 1.29 is 24.0 Å². The summed E-state index contributed by atoms with van der Waals surface area (Å²) in [4.78, 5) is 39.1. The zero-order valence-corrected chi connectivity index (χ0v) is 18.2. The van der Waals surface area contributed by atoms with Gasteiger partial charge in [0.2, 0.25) is 5.91 Å². The van der Waals surface area contributed by atoms with Gasteiger partial charge in [0.1, 0.15) is 17.2 Å². The first-order valence-corrected chi connectivity index (χ1v) is 10.4. The van der Waals surface area contributed by atoms with Crippen LogP contribution in [0.25, 0.3) is 0 Å². The molecule has 8 nitrogen and oxygen atoms in total. The molecule has 2 aromatic rings. The predicted octanol–water partition coefficient (Wildman–Crippen LogP) is 4.45. The minimum atomic E-state index is -0.487. The first-order chi connectivity index (χ1) is 15.3. The minimum absolute atomic E-state index is 0.0122. The summed E-state index contributed by atoms with van der Waals surface area (Å²) in [5.74, 6) is 0.331. The first kappa shape index (κ1) is 21.5. The monoisotopic (exact) mass is 436 g/mol. The molecule has 0 saturated heterocycles. The van der Waals surface area contributed by atoms with Crippen LogP contribution < -0.4 is 14.4 Å². The fourth-order valence-electron chi connectivity index (χ4n) is 4.61. The maximum Gasteiger partial charge on any atom is 0.293 e. The zero-order valence-electron chi connectivity index (χ0n) is 18.2. The number of nitrogens with zero attached hydrogens (tertiary/aromatic N) is 2. The van der Waals surface area contributed by atoms with Gasteiger partial charge in [-0.1, -0.05) is 12.1 Å². The lowest BCUT2D eigenvalue weighted by atomic mass is 9.76. The number of ketones is 1. The molecule has 166 valence electrons. The number of methoxy groups -OCH3 is 2. The highest BCUT2D eigenvalue weighted by atomic mass is 16.6. The van der Waals surface area contributed by atoms with Crippen LogP contribution >= 0.6 is 0 Å². The highest BCUT2D eigenvalue weighted by Crippen LogP contribution is 2.47. The van der Waals surface area contributed by atoms with Crippen LogP contribution in [0.2, 0.25) is 0 Å². The zero-order chi connectivity index (χ0) is 23.0. The van der Waals surface area contributed by atoms with Gasteiger partial charge in [0, 0.05) is 47.7 Å². The van der Waals surface area contributed by atoms with Gasteiger partial charge in [-0.2, -0.15) is 0 Å². The highest BCUT2D eigenvalue weighted by molar-refractivity contribution is 6.08. The van der Waals surface area contributed by atoms with Gasteiger partial charge in [-0.25, -0.2) is 0 Å². The van der Waals surface area contributed by atoms with E-state index in [1.54, 1.807) is 38.3 Å². The number of allylic oxidation sites excluding steroid dienone is 2. The van der Waals surface area contributed by atoms with Crippen molar-refractivity contribution >= 4 is 23.1 Å². The third kappa shape index (κ3) is 3.62. The lowest BCUT2D eigenvalue weighted by Gasteiger charge is -2.38. The van der Waals surface area contributed by atoms with E-state index in [4.69, 9.17) is 9.47 Å². The summed E-state index contributed by atoms with van der Waals surface area (Å²) in [6.07, 6.45) is 1.48. The molecule has 1 heterocycles. The van der Waals surface area contributed by atoms with Crippen molar-refractivity contribution in [2.75, 3.05) is 19.1 Å². The van der Waals surface area contributed by atoms with Crippen LogP contribution in [0.1, 0.15) is 42.7 Å². The van der Waals surface area contributed by atoms with E-state index in [2.05, 4.69) is 0 Å².